The molecule has 1 atom stereocenters. The van der Waals surface area contributed by atoms with E-state index in [0.29, 0.717) is 6.61 Å². The topological polar surface area (TPSA) is 59.6 Å². The van der Waals surface area contributed by atoms with E-state index >= 15 is 0 Å². The molecule has 0 aliphatic carbocycles. The Hall–Kier alpha value is -2.24. The number of rotatable bonds is 6. The van der Waals surface area contributed by atoms with Crippen molar-refractivity contribution < 1.29 is 14.3 Å². The third-order valence-corrected chi connectivity index (χ3v) is 3.87. The summed E-state index contributed by atoms with van der Waals surface area (Å²) in [5, 5.41) is 6.11. The van der Waals surface area contributed by atoms with Crippen molar-refractivity contribution in [3.8, 4) is 17.2 Å². The first kappa shape index (κ1) is 19.1. The molecular weight excluding hydrogens is 340 g/mol. The molecule has 0 bridgehead atoms. The maximum atomic E-state index is 12.1. The standard InChI is InChI=1S/C19H22N2O3.ClH/c1-2-23-15-9-11-17(12-10-15)24-16-7-5-14(6-8-16)21-19(22)18-4-3-13-20-18;/h5-12,18,20H,2-4,13H2,1H3,(H,21,22);1H. The summed E-state index contributed by atoms with van der Waals surface area (Å²) in [4.78, 5) is 12.1. The zero-order valence-corrected chi connectivity index (χ0v) is 15.0. The molecule has 5 nitrogen and oxygen atoms in total. The Morgan fingerprint density at radius 2 is 1.68 bits per heavy atom. The summed E-state index contributed by atoms with van der Waals surface area (Å²) in [5.41, 5.74) is 0.771. The second-order valence-corrected chi connectivity index (χ2v) is 5.67. The third kappa shape index (κ3) is 5.37. The molecule has 2 N–H and O–H groups in total. The van der Waals surface area contributed by atoms with Crippen molar-refractivity contribution >= 4 is 24.0 Å². The molecule has 0 radical (unpaired) electrons. The number of anilines is 1. The molecule has 1 aliphatic heterocycles. The SMILES string of the molecule is CCOc1ccc(Oc2ccc(NC(=O)C3CCCN3)cc2)cc1.Cl. The van der Waals surface area contributed by atoms with Crippen LogP contribution in [0.1, 0.15) is 19.8 Å². The van der Waals surface area contributed by atoms with Crippen molar-refractivity contribution in [2.24, 2.45) is 0 Å². The Labute approximate surface area is 154 Å². The number of halogens is 1. The maximum Gasteiger partial charge on any atom is 0.241 e. The minimum absolute atomic E-state index is 0. The summed E-state index contributed by atoms with van der Waals surface area (Å²) < 4.78 is 11.2. The van der Waals surface area contributed by atoms with Crippen LogP contribution < -0.4 is 20.1 Å². The van der Waals surface area contributed by atoms with Crippen molar-refractivity contribution in [3.63, 3.8) is 0 Å². The number of ether oxygens (including phenoxy) is 2. The van der Waals surface area contributed by atoms with E-state index in [4.69, 9.17) is 9.47 Å². The van der Waals surface area contributed by atoms with Crippen LogP contribution in [0, 0.1) is 0 Å². The van der Waals surface area contributed by atoms with E-state index < -0.39 is 0 Å². The van der Waals surface area contributed by atoms with Gasteiger partial charge in [0.25, 0.3) is 0 Å². The first-order valence-corrected chi connectivity index (χ1v) is 8.29. The maximum absolute atomic E-state index is 12.1. The summed E-state index contributed by atoms with van der Waals surface area (Å²) in [6.07, 6.45) is 1.94. The second kappa shape index (κ2) is 9.30. The number of hydrogen-bond donors (Lipinski definition) is 2. The predicted molar refractivity (Wildman–Crippen MR) is 101 cm³/mol. The molecule has 1 aliphatic rings. The van der Waals surface area contributed by atoms with E-state index in [1.807, 2.05) is 55.5 Å². The Morgan fingerprint density at radius 1 is 1.08 bits per heavy atom. The minimum Gasteiger partial charge on any atom is -0.494 e. The minimum atomic E-state index is -0.0789. The lowest BCUT2D eigenvalue weighted by atomic mass is 10.2. The molecule has 3 rings (SSSR count). The summed E-state index contributed by atoms with van der Waals surface area (Å²) >= 11 is 0. The Bertz CT molecular complexity index is 668. The largest absolute Gasteiger partial charge is 0.494 e. The van der Waals surface area contributed by atoms with Gasteiger partial charge in [-0.1, -0.05) is 0 Å². The molecule has 2 aromatic rings. The van der Waals surface area contributed by atoms with Gasteiger partial charge in [0.2, 0.25) is 5.91 Å². The quantitative estimate of drug-likeness (QED) is 0.815. The first-order valence-electron chi connectivity index (χ1n) is 8.29. The zero-order valence-electron chi connectivity index (χ0n) is 14.2. The lowest BCUT2D eigenvalue weighted by Crippen LogP contribution is -2.35. The first-order chi connectivity index (χ1) is 11.7. The predicted octanol–water partition coefficient (Wildman–Crippen LogP) is 3.99. The van der Waals surface area contributed by atoms with Gasteiger partial charge >= 0.3 is 0 Å². The number of amides is 1. The Morgan fingerprint density at radius 3 is 2.24 bits per heavy atom. The van der Waals surface area contributed by atoms with Crippen LogP contribution in [-0.2, 0) is 4.79 Å². The van der Waals surface area contributed by atoms with E-state index in [9.17, 15) is 4.79 Å². The average Bonchev–Trinajstić information content (AvgIpc) is 3.13. The Kier molecular flexibility index (Phi) is 7.10. The number of benzene rings is 2. The van der Waals surface area contributed by atoms with Crippen LogP contribution >= 0.6 is 12.4 Å². The van der Waals surface area contributed by atoms with Crippen molar-refractivity contribution in [2.75, 3.05) is 18.5 Å². The lowest BCUT2D eigenvalue weighted by Gasteiger charge is -2.12. The number of carbonyl (C=O) groups is 1. The Balaban J connectivity index is 0.00000225. The van der Waals surface area contributed by atoms with E-state index in [-0.39, 0.29) is 24.4 Å². The van der Waals surface area contributed by atoms with Gasteiger partial charge in [-0.05, 0) is 74.8 Å². The molecule has 6 heteroatoms. The molecule has 0 spiro atoms. The monoisotopic (exact) mass is 362 g/mol. The van der Waals surface area contributed by atoms with E-state index in [0.717, 1.165) is 42.3 Å². The van der Waals surface area contributed by atoms with Crippen LogP contribution in [0.25, 0.3) is 0 Å². The van der Waals surface area contributed by atoms with Gasteiger partial charge in [0, 0.05) is 5.69 Å². The van der Waals surface area contributed by atoms with Gasteiger partial charge in [-0.15, -0.1) is 12.4 Å². The third-order valence-electron chi connectivity index (χ3n) is 3.87. The van der Waals surface area contributed by atoms with Gasteiger partial charge in [0.1, 0.15) is 17.2 Å². The van der Waals surface area contributed by atoms with Crippen LogP contribution in [0.15, 0.2) is 48.5 Å². The van der Waals surface area contributed by atoms with Crippen molar-refractivity contribution in [1.29, 1.82) is 0 Å². The zero-order chi connectivity index (χ0) is 16.8. The molecule has 2 aromatic carbocycles. The van der Waals surface area contributed by atoms with Gasteiger partial charge in [-0.3, -0.25) is 4.79 Å². The highest BCUT2D eigenvalue weighted by Gasteiger charge is 2.21. The molecule has 1 fully saturated rings. The summed E-state index contributed by atoms with van der Waals surface area (Å²) in [5.74, 6) is 2.30. The van der Waals surface area contributed by atoms with Crippen molar-refractivity contribution in [1.82, 2.24) is 5.32 Å². The molecule has 0 aromatic heterocycles. The van der Waals surface area contributed by atoms with Crippen LogP contribution in [0.5, 0.6) is 17.2 Å². The smallest absolute Gasteiger partial charge is 0.241 e. The average molecular weight is 363 g/mol. The fraction of sp³-hybridized carbons (Fsp3) is 0.316. The van der Waals surface area contributed by atoms with Crippen LogP contribution in [0.2, 0.25) is 0 Å². The molecule has 1 heterocycles. The molecule has 25 heavy (non-hydrogen) atoms. The number of nitrogens with one attached hydrogen (secondary N) is 2. The second-order valence-electron chi connectivity index (χ2n) is 5.67. The van der Waals surface area contributed by atoms with E-state index in [1.165, 1.54) is 0 Å². The van der Waals surface area contributed by atoms with Gasteiger partial charge < -0.3 is 20.1 Å². The molecule has 1 saturated heterocycles. The fourth-order valence-corrected chi connectivity index (χ4v) is 2.65. The van der Waals surface area contributed by atoms with Crippen LogP contribution in [-0.4, -0.2) is 25.1 Å². The number of hydrogen-bond acceptors (Lipinski definition) is 4. The molecular formula is C19H23ClN2O3. The summed E-state index contributed by atoms with van der Waals surface area (Å²) in [6, 6.07) is 14.8. The molecule has 1 unspecified atom stereocenters. The molecule has 1 amide bonds. The van der Waals surface area contributed by atoms with Crippen molar-refractivity contribution in [3.05, 3.63) is 48.5 Å². The molecule has 134 valence electrons. The van der Waals surface area contributed by atoms with Crippen molar-refractivity contribution in [2.45, 2.75) is 25.8 Å². The van der Waals surface area contributed by atoms with Gasteiger partial charge in [-0.25, -0.2) is 0 Å². The highest BCUT2D eigenvalue weighted by molar-refractivity contribution is 5.95. The van der Waals surface area contributed by atoms with Gasteiger partial charge in [0.15, 0.2) is 0 Å². The normalized spacial score (nSPS) is 16.0. The summed E-state index contributed by atoms with van der Waals surface area (Å²) in [6.45, 7) is 3.50. The van der Waals surface area contributed by atoms with E-state index in [2.05, 4.69) is 10.6 Å². The van der Waals surface area contributed by atoms with Gasteiger partial charge in [0.05, 0.1) is 12.6 Å². The number of carbonyl (C=O) groups excluding carboxylic acids is 1. The van der Waals surface area contributed by atoms with Gasteiger partial charge in [-0.2, -0.15) is 0 Å². The lowest BCUT2D eigenvalue weighted by molar-refractivity contribution is -0.117. The molecule has 0 saturated carbocycles. The summed E-state index contributed by atoms with van der Waals surface area (Å²) in [7, 11) is 0. The highest BCUT2D eigenvalue weighted by Crippen LogP contribution is 2.25. The fourth-order valence-electron chi connectivity index (χ4n) is 2.65. The van der Waals surface area contributed by atoms with E-state index in [1.54, 1.807) is 0 Å². The van der Waals surface area contributed by atoms with Crippen LogP contribution in [0.4, 0.5) is 5.69 Å². The van der Waals surface area contributed by atoms with Crippen LogP contribution in [0.3, 0.4) is 0 Å². The highest BCUT2D eigenvalue weighted by atomic mass is 35.5.